The molecule has 1 heterocycles. The van der Waals surface area contributed by atoms with Crippen molar-refractivity contribution in [1.29, 1.82) is 0 Å². The highest BCUT2D eigenvalue weighted by Gasteiger charge is 2.35. The van der Waals surface area contributed by atoms with Gasteiger partial charge in [-0.05, 0) is 23.3 Å². The largest absolute Gasteiger partial charge is 0.416 e. The average molecular weight is 447 g/mol. The predicted octanol–water partition coefficient (Wildman–Crippen LogP) is 2.88. The molecule has 0 radical (unpaired) electrons. The molecule has 170 valence electrons. The number of carbonyl (C=O) groups is 3. The van der Waals surface area contributed by atoms with Gasteiger partial charge < -0.3 is 15.5 Å². The molecule has 9 heteroatoms. The smallest absolute Gasteiger partial charge is 0.355 e. The monoisotopic (exact) mass is 447 g/mol. The van der Waals surface area contributed by atoms with Crippen LogP contribution in [0.25, 0.3) is 0 Å². The fraction of sp³-hybridized carbons (Fsp3) is 0.348. The minimum absolute atomic E-state index is 0.00836. The zero-order valence-corrected chi connectivity index (χ0v) is 17.3. The van der Waals surface area contributed by atoms with Crippen LogP contribution in [0.3, 0.4) is 0 Å². The van der Waals surface area contributed by atoms with Gasteiger partial charge in [0.1, 0.15) is 0 Å². The van der Waals surface area contributed by atoms with Crippen LogP contribution in [0.15, 0.2) is 54.6 Å². The molecule has 0 saturated carbocycles. The van der Waals surface area contributed by atoms with E-state index in [0.29, 0.717) is 12.1 Å². The van der Waals surface area contributed by atoms with Gasteiger partial charge in [0.2, 0.25) is 17.7 Å². The number of carbonyl (C=O) groups excluding carboxylic acids is 3. The van der Waals surface area contributed by atoms with Gasteiger partial charge in [-0.1, -0.05) is 42.5 Å². The molecule has 3 amide bonds. The van der Waals surface area contributed by atoms with E-state index in [9.17, 15) is 27.6 Å². The third-order valence-electron chi connectivity index (χ3n) is 5.20. The summed E-state index contributed by atoms with van der Waals surface area (Å²) >= 11 is 0. The summed E-state index contributed by atoms with van der Waals surface area (Å²) < 4.78 is 38.6. The number of benzene rings is 2. The number of nitrogens with zero attached hydrogens (tertiary/aromatic N) is 1. The molecule has 1 saturated heterocycles. The fourth-order valence-electron chi connectivity index (χ4n) is 3.50. The van der Waals surface area contributed by atoms with E-state index in [2.05, 4.69) is 10.6 Å². The van der Waals surface area contributed by atoms with Crippen molar-refractivity contribution in [2.24, 2.45) is 5.92 Å². The summed E-state index contributed by atoms with van der Waals surface area (Å²) in [5.41, 5.74) is 0.543. The SMILES string of the molecule is O=C(CCNC(=O)C1CC(=O)N(Cc2cccc(C(F)(F)F)c2)C1)NCc1ccccc1. The van der Waals surface area contributed by atoms with Crippen LogP contribution < -0.4 is 10.6 Å². The lowest BCUT2D eigenvalue weighted by molar-refractivity contribution is -0.137. The molecule has 6 nitrogen and oxygen atoms in total. The molecule has 0 aliphatic carbocycles. The zero-order chi connectivity index (χ0) is 23.1. The van der Waals surface area contributed by atoms with Crippen LogP contribution in [-0.2, 0) is 33.6 Å². The maximum absolute atomic E-state index is 12.9. The minimum Gasteiger partial charge on any atom is -0.355 e. The minimum atomic E-state index is -4.46. The van der Waals surface area contributed by atoms with E-state index in [4.69, 9.17) is 0 Å². The van der Waals surface area contributed by atoms with Gasteiger partial charge in [-0.15, -0.1) is 0 Å². The molecular formula is C23H24F3N3O3. The Morgan fingerprint density at radius 3 is 2.44 bits per heavy atom. The Morgan fingerprint density at radius 2 is 1.72 bits per heavy atom. The standard InChI is InChI=1S/C23H24F3N3O3/c24-23(25,26)19-8-4-7-17(11-19)14-29-15-18(12-21(29)31)22(32)27-10-9-20(30)28-13-16-5-2-1-3-6-16/h1-8,11,18H,9-10,12-15H2,(H,27,32)(H,28,30). The Hall–Kier alpha value is -3.36. The number of likely N-dealkylation sites (tertiary alicyclic amines) is 1. The van der Waals surface area contributed by atoms with Crippen molar-refractivity contribution in [2.45, 2.75) is 32.1 Å². The molecule has 32 heavy (non-hydrogen) atoms. The molecule has 2 aromatic rings. The van der Waals surface area contributed by atoms with Gasteiger partial charge >= 0.3 is 6.18 Å². The summed E-state index contributed by atoms with van der Waals surface area (Å²) in [6.45, 7) is 0.669. The first-order valence-electron chi connectivity index (χ1n) is 10.2. The highest BCUT2D eigenvalue weighted by molar-refractivity contribution is 5.89. The maximum Gasteiger partial charge on any atom is 0.416 e. The van der Waals surface area contributed by atoms with E-state index >= 15 is 0 Å². The van der Waals surface area contributed by atoms with Crippen molar-refractivity contribution >= 4 is 17.7 Å². The Morgan fingerprint density at radius 1 is 1.00 bits per heavy atom. The number of rotatable bonds is 8. The van der Waals surface area contributed by atoms with Crippen LogP contribution in [0.4, 0.5) is 13.2 Å². The lowest BCUT2D eigenvalue weighted by Crippen LogP contribution is -2.35. The van der Waals surface area contributed by atoms with Gasteiger partial charge in [-0.25, -0.2) is 0 Å². The Bertz CT molecular complexity index is 964. The summed E-state index contributed by atoms with van der Waals surface area (Å²) in [6, 6.07) is 14.2. The molecule has 2 N–H and O–H groups in total. The number of alkyl halides is 3. The molecule has 1 unspecified atom stereocenters. The second kappa shape index (κ2) is 10.3. The third-order valence-corrected chi connectivity index (χ3v) is 5.20. The summed E-state index contributed by atoms with van der Waals surface area (Å²) in [6.07, 6.45) is -4.36. The second-order valence-electron chi connectivity index (χ2n) is 7.68. The molecular weight excluding hydrogens is 423 g/mol. The molecule has 1 atom stereocenters. The van der Waals surface area contributed by atoms with E-state index in [0.717, 1.165) is 17.7 Å². The quantitative estimate of drug-likeness (QED) is 0.653. The molecule has 0 spiro atoms. The first kappa shape index (κ1) is 23.3. The summed E-state index contributed by atoms with van der Waals surface area (Å²) in [5, 5.41) is 5.43. The summed E-state index contributed by atoms with van der Waals surface area (Å²) in [5.74, 6) is -1.44. The normalized spacial score (nSPS) is 16.2. The lowest BCUT2D eigenvalue weighted by Gasteiger charge is -2.17. The highest BCUT2D eigenvalue weighted by Crippen LogP contribution is 2.30. The first-order valence-corrected chi connectivity index (χ1v) is 10.2. The fourth-order valence-corrected chi connectivity index (χ4v) is 3.50. The van der Waals surface area contributed by atoms with E-state index in [1.165, 1.54) is 17.0 Å². The molecule has 0 aromatic heterocycles. The number of halogens is 3. The Balaban J connectivity index is 1.42. The molecule has 2 aromatic carbocycles. The van der Waals surface area contributed by atoms with Gasteiger partial charge in [-0.2, -0.15) is 13.2 Å². The van der Waals surface area contributed by atoms with Gasteiger partial charge in [0, 0.05) is 39.0 Å². The van der Waals surface area contributed by atoms with Gasteiger partial charge in [-0.3, -0.25) is 14.4 Å². The van der Waals surface area contributed by atoms with Crippen LogP contribution in [0.5, 0.6) is 0 Å². The molecule has 3 rings (SSSR count). The van der Waals surface area contributed by atoms with E-state index < -0.39 is 17.7 Å². The topological polar surface area (TPSA) is 78.5 Å². The second-order valence-corrected chi connectivity index (χ2v) is 7.68. The molecule has 0 bridgehead atoms. The van der Waals surface area contributed by atoms with Crippen LogP contribution in [0.2, 0.25) is 0 Å². The van der Waals surface area contributed by atoms with Crippen molar-refractivity contribution in [3.05, 3.63) is 71.3 Å². The zero-order valence-electron chi connectivity index (χ0n) is 17.3. The number of amides is 3. The van der Waals surface area contributed by atoms with Crippen LogP contribution >= 0.6 is 0 Å². The Labute approximate surface area is 183 Å². The summed E-state index contributed by atoms with van der Waals surface area (Å²) in [4.78, 5) is 37.9. The third kappa shape index (κ3) is 6.57. The molecule has 1 aliphatic rings. The molecule has 1 fully saturated rings. The number of nitrogens with one attached hydrogen (secondary N) is 2. The van der Waals surface area contributed by atoms with Crippen molar-refractivity contribution in [2.75, 3.05) is 13.1 Å². The average Bonchev–Trinajstić information content (AvgIpc) is 3.13. The predicted molar refractivity (Wildman–Crippen MR) is 111 cm³/mol. The van der Waals surface area contributed by atoms with Crippen LogP contribution in [-0.4, -0.2) is 35.7 Å². The van der Waals surface area contributed by atoms with Crippen molar-refractivity contribution in [3.63, 3.8) is 0 Å². The number of hydrogen-bond donors (Lipinski definition) is 2. The highest BCUT2D eigenvalue weighted by atomic mass is 19.4. The van der Waals surface area contributed by atoms with Gasteiger partial charge in [0.25, 0.3) is 0 Å². The number of hydrogen-bond acceptors (Lipinski definition) is 3. The van der Waals surface area contributed by atoms with Crippen LogP contribution in [0.1, 0.15) is 29.5 Å². The molecule has 1 aliphatic heterocycles. The van der Waals surface area contributed by atoms with Crippen molar-refractivity contribution in [1.82, 2.24) is 15.5 Å². The van der Waals surface area contributed by atoms with Gasteiger partial charge in [0.05, 0.1) is 11.5 Å². The van der Waals surface area contributed by atoms with Gasteiger partial charge in [0.15, 0.2) is 0 Å². The summed E-state index contributed by atoms with van der Waals surface area (Å²) in [7, 11) is 0. The van der Waals surface area contributed by atoms with E-state index in [1.54, 1.807) is 0 Å². The van der Waals surface area contributed by atoms with E-state index in [1.807, 2.05) is 30.3 Å². The first-order chi connectivity index (χ1) is 15.2. The van der Waals surface area contributed by atoms with Crippen LogP contribution in [0, 0.1) is 5.92 Å². The Kier molecular flexibility index (Phi) is 7.50. The van der Waals surface area contributed by atoms with Crippen molar-refractivity contribution < 1.29 is 27.6 Å². The van der Waals surface area contributed by atoms with Crippen molar-refractivity contribution in [3.8, 4) is 0 Å². The maximum atomic E-state index is 12.9. The van der Waals surface area contributed by atoms with E-state index in [-0.39, 0.29) is 50.2 Å². The lowest BCUT2D eigenvalue weighted by atomic mass is 10.1.